The Balaban J connectivity index is 1.77. The second-order valence-corrected chi connectivity index (χ2v) is 8.38. The van der Waals surface area contributed by atoms with E-state index in [1.54, 1.807) is 24.2 Å². The maximum atomic E-state index is 12.7. The molecule has 0 saturated carbocycles. The van der Waals surface area contributed by atoms with Crippen molar-refractivity contribution in [3.05, 3.63) is 26.2 Å². The fraction of sp³-hybridized carbons (Fsp3) is 0.421. The summed E-state index contributed by atoms with van der Waals surface area (Å²) in [6.45, 7) is 3.99. The standard InChI is InChI=1S/C19H21IN2O6S/c1-3-28-17-13(20)8-12(9-14(17)26-2)10-15-18(24)22(19(25)29-15)11-16(23)21-4-6-27-7-5-21/h8-10H,3-7,11H2,1-2H3/b15-10-. The first-order valence-corrected chi connectivity index (χ1v) is 10.9. The van der Waals surface area contributed by atoms with Crippen LogP contribution in [0.4, 0.5) is 4.79 Å². The number of rotatable bonds is 6. The van der Waals surface area contributed by atoms with Crippen molar-refractivity contribution in [1.29, 1.82) is 0 Å². The van der Waals surface area contributed by atoms with Crippen molar-refractivity contribution < 1.29 is 28.6 Å². The molecule has 3 amide bonds. The van der Waals surface area contributed by atoms with Crippen LogP contribution in [0.2, 0.25) is 0 Å². The van der Waals surface area contributed by atoms with E-state index in [2.05, 4.69) is 22.6 Å². The molecule has 2 fully saturated rings. The summed E-state index contributed by atoms with van der Waals surface area (Å²) < 4.78 is 17.0. The zero-order valence-electron chi connectivity index (χ0n) is 16.1. The highest BCUT2D eigenvalue weighted by Crippen LogP contribution is 2.37. The molecule has 8 nitrogen and oxygen atoms in total. The van der Waals surface area contributed by atoms with Crippen molar-refractivity contribution >= 4 is 57.5 Å². The molecule has 0 aliphatic carbocycles. The number of methoxy groups -OCH3 is 1. The van der Waals surface area contributed by atoms with Gasteiger partial charge in [-0.15, -0.1) is 0 Å². The number of amides is 3. The van der Waals surface area contributed by atoms with Crippen LogP contribution in [0, 0.1) is 3.57 Å². The van der Waals surface area contributed by atoms with Gasteiger partial charge >= 0.3 is 0 Å². The lowest BCUT2D eigenvalue weighted by molar-refractivity contribution is -0.139. The Morgan fingerprint density at radius 1 is 1.31 bits per heavy atom. The summed E-state index contributed by atoms with van der Waals surface area (Å²) in [5.41, 5.74) is 0.708. The zero-order chi connectivity index (χ0) is 21.0. The molecule has 2 saturated heterocycles. The predicted octanol–water partition coefficient (Wildman–Crippen LogP) is 2.59. The molecule has 29 heavy (non-hydrogen) atoms. The molecule has 0 N–H and O–H groups in total. The Bertz CT molecular complexity index is 853. The summed E-state index contributed by atoms with van der Waals surface area (Å²) in [7, 11) is 1.54. The Morgan fingerprint density at radius 2 is 2.03 bits per heavy atom. The van der Waals surface area contributed by atoms with Crippen LogP contribution in [0.1, 0.15) is 12.5 Å². The van der Waals surface area contributed by atoms with E-state index in [-0.39, 0.29) is 17.4 Å². The van der Waals surface area contributed by atoms with E-state index in [0.29, 0.717) is 50.0 Å². The number of thioether (sulfide) groups is 1. The lowest BCUT2D eigenvalue weighted by atomic mass is 10.2. The van der Waals surface area contributed by atoms with Crippen LogP contribution < -0.4 is 9.47 Å². The van der Waals surface area contributed by atoms with Gasteiger partial charge in [-0.2, -0.15) is 0 Å². The number of nitrogens with zero attached hydrogens (tertiary/aromatic N) is 2. The average molecular weight is 532 g/mol. The fourth-order valence-corrected chi connectivity index (χ4v) is 4.56. The maximum Gasteiger partial charge on any atom is 0.294 e. The molecule has 0 bridgehead atoms. The van der Waals surface area contributed by atoms with Gasteiger partial charge in [0.15, 0.2) is 11.5 Å². The van der Waals surface area contributed by atoms with E-state index in [9.17, 15) is 14.4 Å². The number of ether oxygens (including phenoxy) is 3. The molecule has 10 heteroatoms. The number of hydrogen-bond acceptors (Lipinski definition) is 7. The van der Waals surface area contributed by atoms with Gasteiger partial charge in [-0.3, -0.25) is 19.3 Å². The fourth-order valence-electron chi connectivity index (χ4n) is 2.94. The quantitative estimate of drug-likeness (QED) is 0.412. The molecule has 0 atom stereocenters. The van der Waals surface area contributed by atoms with Crippen molar-refractivity contribution in [2.24, 2.45) is 0 Å². The summed E-state index contributed by atoms with van der Waals surface area (Å²) in [5, 5.41) is -0.449. The van der Waals surface area contributed by atoms with Gasteiger partial charge in [0.1, 0.15) is 6.54 Å². The van der Waals surface area contributed by atoms with E-state index in [1.165, 1.54) is 0 Å². The lowest BCUT2D eigenvalue weighted by Crippen LogP contribution is -2.46. The molecule has 1 aromatic carbocycles. The molecule has 156 valence electrons. The number of morpholine rings is 1. The van der Waals surface area contributed by atoms with Gasteiger partial charge in [-0.25, -0.2) is 0 Å². The Labute approximate surface area is 186 Å². The molecular weight excluding hydrogens is 511 g/mol. The minimum absolute atomic E-state index is 0.255. The van der Waals surface area contributed by atoms with Crippen LogP contribution in [0.5, 0.6) is 11.5 Å². The molecule has 2 aliphatic heterocycles. The van der Waals surface area contributed by atoms with Crippen molar-refractivity contribution in [2.45, 2.75) is 6.92 Å². The third-order valence-corrected chi connectivity index (χ3v) is 6.08. The summed E-state index contributed by atoms with van der Waals surface area (Å²) in [6.07, 6.45) is 1.63. The molecule has 2 aliphatic rings. The highest BCUT2D eigenvalue weighted by Gasteiger charge is 2.37. The van der Waals surface area contributed by atoms with Gasteiger partial charge in [-0.05, 0) is 65.0 Å². The second kappa shape index (κ2) is 9.81. The zero-order valence-corrected chi connectivity index (χ0v) is 19.1. The largest absolute Gasteiger partial charge is 0.493 e. The van der Waals surface area contributed by atoms with E-state index in [4.69, 9.17) is 14.2 Å². The Morgan fingerprint density at radius 3 is 2.69 bits per heavy atom. The lowest BCUT2D eigenvalue weighted by Gasteiger charge is -2.28. The van der Waals surface area contributed by atoms with Crippen LogP contribution >= 0.6 is 34.4 Å². The molecule has 0 unspecified atom stereocenters. The molecular formula is C19H21IN2O6S. The molecule has 0 radical (unpaired) electrons. The van der Waals surface area contributed by atoms with Gasteiger partial charge in [0, 0.05) is 13.1 Å². The SMILES string of the molecule is CCOc1c(I)cc(/C=C2\SC(=O)N(CC(=O)N3CCOCC3)C2=O)cc1OC. The minimum atomic E-state index is -0.468. The van der Waals surface area contributed by atoms with Gasteiger partial charge in [0.05, 0.1) is 35.4 Å². The van der Waals surface area contributed by atoms with E-state index < -0.39 is 11.1 Å². The number of carbonyl (C=O) groups is 3. The number of benzene rings is 1. The van der Waals surface area contributed by atoms with Crippen molar-refractivity contribution in [1.82, 2.24) is 9.80 Å². The molecule has 2 heterocycles. The predicted molar refractivity (Wildman–Crippen MR) is 117 cm³/mol. The maximum absolute atomic E-state index is 12.7. The smallest absolute Gasteiger partial charge is 0.294 e. The second-order valence-electron chi connectivity index (χ2n) is 6.23. The first kappa shape index (κ1) is 21.9. The highest BCUT2D eigenvalue weighted by atomic mass is 127. The van der Waals surface area contributed by atoms with E-state index >= 15 is 0 Å². The monoisotopic (exact) mass is 532 g/mol. The van der Waals surface area contributed by atoms with E-state index in [0.717, 1.165) is 20.2 Å². The number of imide groups is 1. The van der Waals surface area contributed by atoms with Gasteiger partial charge in [0.25, 0.3) is 11.1 Å². The highest BCUT2D eigenvalue weighted by molar-refractivity contribution is 14.1. The first-order valence-electron chi connectivity index (χ1n) is 9.05. The Kier molecular flexibility index (Phi) is 7.41. The molecule has 0 spiro atoms. The molecule has 3 rings (SSSR count). The minimum Gasteiger partial charge on any atom is -0.493 e. The molecule has 0 aromatic heterocycles. The van der Waals surface area contributed by atoms with Crippen LogP contribution in [0.15, 0.2) is 17.0 Å². The molecule has 1 aromatic rings. The van der Waals surface area contributed by atoms with E-state index in [1.807, 2.05) is 13.0 Å². The third kappa shape index (κ3) is 5.04. The van der Waals surface area contributed by atoms with Crippen LogP contribution in [-0.4, -0.2) is 73.4 Å². The van der Waals surface area contributed by atoms with Crippen molar-refractivity contribution in [2.75, 3.05) is 46.6 Å². The summed E-state index contributed by atoms with van der Waals surface area (Å²) in [5.74, 6) is 0.460. The van der Waals surface area contributed by atoms with Crippen molar-refractivity contribution in [3.63, 3.8) is 0 Å². The summed E-state index contributed by atoms with van der Waals surface area (Å²) in [6, 6.07) is 3.60. The first-order chi connectivity index (χ1) is 13.9. The van der Waals surface area contributed by atoms with Crippen molar-refractivity contribution in [3.8, 4) is 11.5 Å². The topological polar surface area (TPSA) is 85.4 Å². The van der Waals surface area contributed by atoms with Crippen LogP contribution in [-0.2, 0) is 14.3 Å². The summed E-state index contributed by atoms with van der Waals surface area (Å²) in [4.78, 5) is 40.3. The van der Waals surface area contributed by atoms with Gasteiger partial charge < -0.3 is 19.1 Å². The number of halogens is 1. The van der Waals surface area contributed by atoms with Gasteiger partial charge in [0.2, 0.25) is 5.91 Å². The average Bonchev–Trinajstić information content (AvgIpc) is 2.97. The third-order valence-electron chi connectivity index (χ3n) is 4.37. The van der Waals surface area contributed by atoms with Crippen LogP contribution in [0.3, 0.4) is 0 Å². The normalized spacial score (nSPS) is 18.5. The number of hydrogen-bond donors (Lipinski definition) is 0. The number of carbonyl (C=O) groups excluding carboxylic acids is 3. The summed E-state index contributed by atoms with van der Waals surface area (Å²) >= 11 is 2.96. The van der Waals surface area contributed by atoms with Gasteiger partial charge in [-0.1, -0.05) is 0 Å². The Hall–Kier alpha value is -1.79. The van der Waals surface area contributed by atoms with Crippen LogP contribution in [0.25, 0.3) is 6.08 Å².